The van der Waals surface area contributed by atoms with Crippen LogP contribution in [0.15, 0.2) is 127 Å². The topological polar surface area (TPSA) is 114 Å². The van der Waals surface area contributed by atoms with Crippen molar-refractivity contribution in [1.82, 2.24) is 15.0 Å². The predicted molar refractivity (Wildman–Crippen MR) is 194 cm³/mol. The summed E-state index contributed by atoms with van der Waals surface area (Å²) in [5, 5.41) is 31.6. The van der Waals surface area contributed by atoms with Crippen LogP contribution in [0, 0.1) is 40.6 Å². The molecule has 8 rings (SSSR count). The lowest BCUT2D eigenvalue weighted by Gasteiger charge is -2.17. The van der Waals surface area contributed by atoms with Crippen LogP contribution in [0.4, 0.5) is 5.69 Å². The van der Waals surface area contributed by atoms with Gasteiger partial charge in [0.2, 0.25) is 0 Å². The van der Waals surface area contributed by atoms with E-state index in [9.17, 15) is 15.8 Å². The summed E-state index contributed by atoms with van der Waals surface area (Å²) in [5.41, 5.74) is 10.1. The fourth-order valence-corrected chi connectivity index (χ4v) is 6.41. The van der Waals surface area contributed by atoms with Crippen LogP contribution in [-0.2, 0) is 0 Å². The van der Waals surface area contributed by atoms with Gasteiger partial charge in [-0.1, -0.05) is 78.9 Å². The van der Waals surface area contributed by atoms with E-state index in [4.69, 9.17) is 21.5 Å². The molecule has 8 aromatic rings. The van der Waals surface area contributed by atoms with Crippen LogP contribution in [-0.4, -0.2) is 15.0 Å². The van der Waals surface area contributed by atoms with Gasteiger partial charge in [-0.05, 0) is 65.2 Å². The lowest BCUT2D eigenvalue weighted by atomic mass is 9.91. The van der Waals surface area contributed by atoms with Crippen LogP contribution in [0.3, 0.4) is 0 Å². The Morgan fingerprint density at radius 1 is 0.480 bits per heavy atom. The van der Waals surface area contributed by atoms with Crippen molar-refractivity contribution in [1.29, 1.82) is 15.8 Å². The maximum atomic E-state index is 9.71. The van der Waals surface area contributed by atoms with Crippen molar-refractivity contribution in [3.8, 4) is 63.1 Å². The fraction of sp³-hybridized carbons (Fsp3) is 0. The minimum atomic E-state index is 0.404. The van der Waals surface area contributed by atoms with Crippen LogP contribution in [0.1, 0.15) is 16.7 Å². The first-order chi connectivity index (χ1) is 24.6. The zero-order valence-electron chi connectivity index (χ0n) is 26.3. The first kappa shape index (κ1) is 29.7. The number of pyridine rings is 1. The van der Waals surface area contributed by atoms with E-state index in [-0.39, 0.29) is 0 Å². The molecule has 0 radical (unpaired) electrons. The highest BCUT2D eigenvalue weighted by Gasteiger charge is 2.20. The van der Waals surface area contributed by atoms with Gasteiger partial charge in [-0.2, -0.15) is 15.8 Å². The summed E-state index contributed by atoms with van der Waals surface area (Å²) in [6.07, 6.45) is 0. The van der Waals surface area contributed by atoms with Crippen molar-refractivity contribution in [2.45, 2.75) is 0 Å². The van der Waals surface area contributed by atoms with Crippen molar-refractivity contribution in [2.24, 2.45) is 0 Å². The highest BCUT2D eigenvalue weighted by molar-refractivity contribution is 6.21. The van der Waals surface area contributed by atoms with Gasteiger partial charge in [-0.15, -0.1) is 0 Å². The Bertz CT molecular complexity index is 2810. The predicted octanol–water partition coefficient (Wildman–Crippen LogP) is 10.2. The summed E-state index contributed by atoms with van der Waals surface area (Å²) in [4.78, 5) is 19.3. The molecular formula is C43H21N7. The van der Waals surface area contributed by atoms with Gasteiger partial charge < -0.3 is 0 Å². The lowest BCUT2D eigenvalue weighted by Crippen LogP contribution is -1.98. The Labute approximate surface area is 287 Å². The minimum Gasteiger partial charge on any atom is -0.247 e. The molecule has 0 fully saturated rings. The zero-order valence-corrected chi connectivity index (χ0v) is 26.3. The Balaban J connectivity index is 1.46. The molecule has 0 saturated heterocycles. The number of hydrogen-bond acceptors (Lipinski definition) is 6. The molecule has 0 aliphatic heterocycles. The average molecular weight is 636 g/mol. The summed E-state index contributed by atoms with van der Waals surface area (Å²) in [6.45, 7) is 7.40. The molecule has 0 aliphatic rings. The van der Waals surface area contributed by atoms with Gasteiger partial charge in [0.25, 0.3) is 0 Å². The first-order valence-corrected chi connectivity index (χ1v) is 15.6. The molecular weight excluding hydrogens is 615 g/mol. The van der Waals surface area contributed by atoms with Gasteiger partial charge >= 0.3 is 0 Å². The summed E-state index contributed by atoms with van der Waals surface area (Å²) < 4.78 is 0. The molecule has 0 amide bonds. The van der Waals surface area contributed by atoms with Crippen LogP contribution in [0.2, 0.25) is 0 Å². The SMILES string of the molecule is [C-]#[N+]c1ccc(-c2nc3ccc4c(-c5ccccc5-c5cc(C#N)cc(C#N)c5)nc5ccccc5c4c3nc2-c2ccc(C#N)cc2)cc1. The van der Waals surface area contributed by atoms with E-state index in [0.717, 1.165) is 55.2 Å². The highest BCUT2D eigenvalue weighted by atomic mass is 14.8. The fourth-order valence-electron chi connectivity index (χ4n) is 6.41. The average Bonchev–Trinajstić information content (AvgIpc) is 3.19. The summed E-state index contributed by atoms with van der Waals surface area (Å²) >= 11 is 0. The molecule has 0 aliphatic carbocycles. The molecule has 0 spiro atoms. The number of rotatable bonds is 4. The molecule has 50 heavy (non-hydrogen) atoms. The van der Waals surface area contributed by atoms with Crippen LogP contribution < -0.4 is 0 Å². The molecule has 7 heteroatoms. The van der Waals surface area contributed by atoms with Crippen LogP contribution in [0.25, 0.3) is 82.5 Å². The number of nitriles is 3. The van der Waals surface area contributed by atoms with Crippen molar-refractivity contribution >= 4 is 38.4 Å². The third-order valence-corrected chi connectivity index (χ3v) is 8.74. The zero-order chi connectivity index (χ0) is 34.2. The molecule has 7 nitrogen and oxygen atoms in total. The molecule has 0 N–H and O–H groups in total. The van der Waals surface area contributed by atoms with Gasteiger partial charge in [-0.25, -0.2) is 19.8 Å². The standard InChI is InChI=1S/C43H21N7/c1-47-32-16-14-30(15-17-32)40-41(29-12-10-26(23-44)11-13-29)50-43-38(49-40)19-18-36-39(43)35-8-4-5-9-37(35)48-42(36)34-7-3-2-6-33(34)31-21-27(24-45)20-28(22-31)25-46/h2-22H. The summed E-state index contributed by atoms with van der Waals surface area (Å²) in [6, 6.07) is 46.1. The van der Waals surface area contributed by atoms with E-state index in [1.165, 1.54) is 0 Å². The van der Waals surface area contributed by atoms with E-state index >= 15 is 0 Å². The molecule has 2 heterocycles. The number of benzene rings is 6. The second kappa shape index (κ2) is 12.1. The van der Waals surface area contributed by atoms with E-state index in [1.807, 2.05) is 84.9 Å². The third kappa shape index (κ3) is 5.02. The Hall–Kier alpha value is -7.71. The molecule has 2 aromatic heterocycles. The van der Waals surface area contributed by atoms with E-state index in [2.05, 4.69) is 23.1 Å². The maximum Gasteiger partial charge on any atom is 0.187 e. The smallest absolute Gasteiger partial charge is 0.187 e. The largest absolute Gasteiger partial charge is 0.247 e. The van der Waals surface area contributed by atoms with E-state index in [0.29, 0.717) is 44.8 Å². The van der Waals surface area contributed by atoms with Crippen molar-refractivity contribution in [3.63, 3.8) is 0 Å². The third-order valence-electron chi connectivity index (χ3n) is 8.74. The number of fused-ring (bicyclic) bond motifs is 5. The Morgan fingerprint density at radius 3 is 1.76 bits per heavy atom. The number of hydrogen-bond donors (Lipinski definition) is 0. The quantitative estimate of drug-likeness (QED) is 0.140. The van der Waals surface area contributed by atoms with E-state index in [1.54, 1.807) is 42.5 Å². The van der Waals surface area contributed by atoms with Crippen molar-refractivity contribution < 1.29 is 0 Å². The maximum absolute atomic E-state index is 9.71. The second-order valence-corrected chi connectivity index (χ2v) is 11.7. The van der Waals surface area contributed by atoms with Gasteiger partial charge in [0.05, 0.1) is 75.1 Å². The highest BCUT2D eigenvalue weighted by Crippen LogP contribution is 2.41. The molecule has 228 valence electrons. The van der Waals surface area contributed by atoms with Crippen molar-refractivity contribution in [3.05, 3.63) is 156 Å². The summed E-state index contributed by atoms with van der Waals surface area (Å²) in [5.74, 6) is 0. The Morgan fingerprint density at radius 2 is 1.08 bits per heavy atom. The van der Waals surface area contributed by atoms with Gasteiger partial charge in [0.15, 0.2) is 5.69 Å². The molecule has 0 saturated carbocycles. The first-order valence-electron chi connectivity index (χ1n) is 15.6. The molecule has 6 aromatic carbocycles. The van der Waals surface area contributed by atoms with Crippen molar-refractivity contribution in [2.75, 3.05) is 0 Å². The Kier molecular flexibility index (Phi) is 7.21. The second-order valence-electron chi connectivity index (χ2n) is 11.7. The monoisotopic (exact) mass is 635 g/mol. The summed E-state index contributed by atoms with van der Waals surface area (Å²) in [7, 11) is 0. The molecule has 0 atom stereocenters. The van der Waals surface area contributed by atoms with Gasteiger partial charge in [-0.3, -0.25) is 0 Å². The van der Waals surface area contributed by atoms with Gasteiger partial charge in [0, 0.05) is 27.3 Å². The van der Waals surface area contributed by atoms with E-state index < -0.39 is 0 Å². The van der Waals surface area contributed by atoms with Crippen LogP contribution >= 0.6 is 0 Å². The van der Waals surface area contributed by atoms with Gasteiger partial charge in [0.1, 0.15) is 0 Å². The molecule has 0 unspecified atom stereocenters. The lowest BCUT2D eigenvalue weighted by molar-refractivity contribution is 1.30. The number of nitrogens with zero attached hydrogens (tertiary/aromatic N) is 7. The normalized spacial score (nSPS) is 10.7. The van der Waals surface area contributed by atoms with Crippen LogP contribution in [0.5, 0.6) is 0 Å². The molecule has 0 bridgehead atoms. The number of para-hydroxylation sites is 1. The number of aromatic nitrogens is 3. The minimum absolute atomic E-state index is 0.404.